The number of thioether (sulfide) groups is 1. The van der Waals surface area contributed by atoms with Crippen molar-refractivity contribution in [3.8, 4) is 0 Å². The molecule has 72 valence electrons. The van der Waals surface area contributed by atoms with E-state index < -0.39 is 0 Å². The number of rotatable bonds is 3. The lowest BCUT2D eigenvalue weighted by atomic mass is 10.2. The third-order valence-electron chi connectivity index (χ3n) is 2.10. The average molecular weight is 199 g/mol. The largest absolute Gasteiger partial charge is 0.316 e. The minimum Gasteiger partial charge on any atom is -0.316 e. The molecular weight excluding hydrogens is 186 g/mol. The molecule has 0 aromatic carbocycles. The van der Waals surface area contributed by atoms with Gasteiger partial charge in [0.2, 0.25) is 5.16 Å². The predicted molar refractivity (Wildman–Crippen MR) is 50.5 cm³/mol. The van der Waals surface area contributed by atoms with Gasteiger partial charge in [-0.2, -0.15) is 4.80 Å². The van der Waals surface area contributed by atoms with Crippen LogP contribution in [0.2, 0.25) is 0 Å². The van der Waals surface area contributed by atoms with Crippen LogP contribution in [-0.2, 0) is 7.05 Å². The van der Waals surface area contributed by atoms with Crippen LogP contribution in [0.15, 0.2) is 5.16 Å². The van der Waals surface area contributed by atoms with E-state index in [9.17, 15) is 0 Å². The van der Waals surface area contributed by atoms with Crippen molar-refractivity contribution >= 4 is 11.8 Å². The van der Waals surface area contributed by atoms with Crippen molar-refractivity contribution in [2.45, 2.75) is 11.6 Å². The second-order valence-electron chi connectivity index (χ2n) is 3.23. The minimum atomic E-state index is 0.772. The SMILES string of the molecule is Cn1nnc(SCC2CCNC2)n1. The molecule has 1 aromatic heterocycles. The average Bonchev–Trinajstić information content (AvgIpc) is 2.71. The van der Waals surface area contributed by atoms with E-state index >= 15 is 0 Å². The summed E-state index contributed by atoms with van der Waals surface area (Å²) in [6.45, 7) is 2.28. The van der Waals surface area contributed by atoms with Crippen LogP contribution >= 0.6 is 11.8 Å². The second kappa shape index (κ2) is 4.06. The highest BCUT2D eigenvalue weighted by Crippen LogP contribution is 2.19. The van der Waals surface area contributed by atoms with Crippen molar-refractivity contribution in [2.75, 3.05) is 18.8 Å². The Morgan fingerprint density at radius 2 is 2.62 bits per heavy atom. The van der Waals surface area contributed by atoms with E-state index in [0.717, 1.165) is 29.9 Å². The number of tetrazole rings is 1. The van der Waals surface area contributed by atoms with Gasteiger partial charge in [0.05, 0.1) is 7.05 Å². The molecule has 1 atom stereocenters. The van der Waals surface area contributed by atoms with Gasteiger partial charge < -0.3 is 5.32 Å². The van der Waals surface area contributed by atoms with E-state index in [-0.39, 0.29) is 0 Å². The Hall–Kier alpha value is -0.620. The van der Waals surface area contributed by atoms with Crippen LogP contribution in [0.4, 0.5) is 0 Å². The zero-order valence-electron chi connectivity index (χ0n) is 7.60. The first kappa shape index (κ1) is 8.96. The minimum absolute atomic E-state index is 0.772. The summed E-state index contributed by atoms with van der Waals surface area (Å²) in [6.07, 6.45) is 1.27. The topological polar surface area (TPSA) is 55.6 Å². The van der Waals surface area contributed by atoms with Gasteiger partial charge in [-0.05, 0) is 30.6 Å². The summed E-state index contributed by atoms with van der Waals surface area (Å²) >= 11 is 1.69. The molecule has 1 fully saturated rings. The van der Waals surface area contributed by atoms with Gasteiger partial charge in [0.25, 0.3) is 0 Å². The van der Waals surface area contributed by atoms with E-state index in [1.165, 1.54) is 11.2 Å². The van der Waals surface area contributed by atoms with Crippen LogP contribution in [0.5, 0.6) is 0 Å². The van der Waals surface area contributed by atoms with Crippen LogP contribution in [0.25, 0.3) is 0 Å². The van der Waals surface area contributed by atoms with Gasteiger partial charge in [-0.25, -0.2) is 0 Å². The molecule has 1 unspecified atom stereocenters. The highest BCUT2D eigenvalue weighted by molar-refractivity contribution is 7.99. The van der Waals surface area contributed by atoms with Gasteiger partial charge in [0, 0.05) is 5.75 Å². The fourth-order valence-corrected chi connectivity index (χ4v) is 2.31. The quantitative estimate of drug-likeness (QED) is 0.690. The van der Waals surface area contributed by atoms with Crippen LogP contribution < -0.4 is 5.32 Å². The zero-order chi connectivity index (χ0) is 9.10. The summed E-state index contributed by atoms with van der Waals surface area (Å²) in [5.74, 6) is 1.87. The maximum absolute atomic E-state index is 4.11. The summed E-state index contributed by atoms with van der Waals surface area (Å²) < 4.78 is 0. The molecule has 0 amide bonds. The summed E-state index contributed by atoms with van der Waals surface area (Å²) in [7, 11) is 1.79. The molecule has 0 saturated carbocycles. The molecule has 1 saturated heterocycles. The van der Waals surface area contributed by atoms with Crippen molar-refractivity contribution in [1.82, 2.24) is 25.5 Å². The number of hydrogen-bond donors (Lipinski definition) is 1. The zero-order valence-corrected chi connectivity index (χ0v) is 8.42. The van der Waals surface area contributed by atoms with E-state index in [1.807, 2.05) is 0 Å². The van der Waals surface area contributed by atoms with Crippen molar-refractivity contribution in [3.05, 3.63) is 0 Å². The lowest BCUT2D eigenvalue weighted by Gasteiger charge is -2.03. The monoisotopic (exact) mass is 199 g/mol. The first-order chi connectivity index (χ1) is 6.34. The number of nitrogens with one attached hydrogen (secondary N) is 1. The van der Waals surface area contributed by atoms with Gasteiger partial charge >= 0.3 is 0 Å². The first-order valence-corrected chi connectivity index (χ1v) is 5.40. The van der Waals surface area contributed by atoms with Crippen molar-refractivity contribution in [2.24, 2.45) is 13.0 Å². The van der Waals surface area contributed by atoms with Crippen LogP contribution in [0.1, 0.15) is 6.42 Å². The number of nitrogens with zero attached hydrogens (tertiary/aromatic N) is 4. The third kappa shape index (κ3) is 2.41. The van der Waals surface area contributed by atoms with Gasteiger partial charge in [-0.3, -0.25) is 0 Å². The van der Waals surface area contributed by atoms with Gasteiger partial charge in [0.1, 0.15) is 0 Å². The molecule has 6 heteroatoms. The summed E-state index contributed by atoms with van der Waals surface area (Å²) in [6, 6.07) is 0. The Morgan fingerprint density at radius 3 is 3.23 bits per heavy atom. The number of aryl methyl sites for hydroxylation is 1. The van der Waals surface area contributed by atoms with Gasteiger partial charge in [-0.15, -0.1) is 10.2 Å². The third-order valence-corrected chi connectivity index (χ3v) is 3.16. The molecule has 0 aliphatic carbocycles. The lowest BCUT2D eigenvalue weighted by molar-refractivity contribution is 0.625. The molecule has 1 aromatic rings. The molecule has 1 aliphatic heterocycles. The standard InChI is InChI=1S/C7H13N5S/c1-12-10-7(9-11-12)13-5-6-2-3-8-4-6/h6,8H,2-5H2,1H3. The Labute approximate surface area is 81.3 Å². The Kier molecular flexibility index (Phi) is 2.80. The molecule has 13 heavy (non-hydrogen) atoms. The number of aromatic nitrogens is 4. The van der Waals surface area contributed by atoms with Crippen LogP contribution in [-0.4, -0.2) is 39.0 Å². The van der Waals surface area contributed by atoms with Crippen molar-refractivity contribution < 1.29 is 0 Å². The molecular formula is C7H13N5S. The second-order valence-corrected chi connectivity index (χ2v) is 4.22. The number of hydrogen-bond acceptors (Lipinski definition) is 5. The van der Waals surface area contributed by atoms with Gasteiger partial charge in [0.15, 0.2) is 0 Å². The molecule has 0 radical (unpaired) electrons. The summed E-state index contributed by atoms with van der Waals surface area (Å²) in [5, 5.41) is 15.9. The van der Waals surface area contributed by atoms with Crippen molar-refractivity contribution in [1.29, 1.82) is 0 Å². The maximum Gasteiger partial charge on any atom is 0.231 e. The molecule has 0 spiro atoms. The molecule has 0 bridgehead atoms. The van der Waals surface area contributed by atoms with Crippen LogP contribution in [0.3, 0.4) is 0 Å². The smallest absolute Gasteiger partial charge is 0.231 e. The molecule has 1 aliphatic rings. The summed E-state index contributed by atoms with van der Waals surface area (Å²) in [5.41, 5.74) is 0. The van der Waals surface area contributed by atoms with E-state index in [2.05, 4.69) is 20.7 Å². The van der Waals surface area contributed by atoms with Gasteiger partial charge in [-0.1, -0.05) is 11.8 Å². The Bertz CT molecular complexity index is 268. The molecule has 2 heterocycles. The Morgan fingerprint density at radius 1 is 1.69 bits per heavy atom. The van der Waals surface area contributed by atoms with E-state index in [4.69, 9.17) is 0 Å². The van der Waals surface area contributed by atoms with E-state index in [1.54, 1.807) is 18.8 Å². The highest BCUT2D eigenvalue weighted by Gasteiger charge is 2.15. The van der Waals surface area contributed by atoms with E-state index in [0.29, 0.717) is 0 Å². The predicted octanol–water partition coefficient (Wildman–Crippen LogP) is -0.0883. The normalized spacial score (nSPS) is 22.4. The summed E-state index contributed by atoms with van der Waals surface area (Å²) in [4.78, 5) is 1.50. The van der Waals surface area contributed by atoms with Crippen molar-refractivity contribution in [3.63, 3.8) is 0 Å². The fourth-order valence-electron chi connectivity index (χ4n) is 1.37. The van der Waals surface area contributed by atoms with Crippen LogP contribution in [0, 0.1) is 5.92 Å². The Balaban J connectivity index is 1.78. The first-order valence-electron chi connectivity index (χ1n) is 4.42. The lowest BCUT2D eigenvalue weighted by Crippen LogP contribution is -2.10. The molecule has 1 N–H and O–H groups in total. The fraction of sp³-hybridized carbons (Fsp3) is 0.857. The molecule has 5 nitrogen and oxygen atoms in total. The maximum atomic E-state index is 4.11. The highest BCUT2D eigenvalue weighted by atomic mass is 32.2. The molecule has 2 rings (SSSR count).